The van der Waals surface area contributed by atoms with E-state index >= 15 is 0 Å². The first-order chi connectivity index (χ1) is 10.2. The molecule has 1 atom stereocenters. The summed E-state index contributed by atoms with van der Waals surface area (Å²) in [5.41, 5.74) is 0.671. The zero-order chi connectivity index (χ0) is 15.1. The average Bonchev–Trinajstić information content (AvgIpc) is 2.65. The van der Waals surface area contributed by atoms with E-state index in [0.29, 0.717) is 11.6 Å². The van der Waals surface area contributed by atoms with E-state index in [-0.39, 0.29) is 0 Å². The van der Waals surface area contributed by atoms with Crippen LogP contribution in [0.2, 0.25) is 0 Å². The number of hydrogen-bond donors (Lipinski definition) is 0. The summed E-state index contributed by atoms with van der Waals surface area (Å²) in [6, 6.07) is 10.0. The van der Waals surface area contributed by atoms with Crippen molar-refractivity contribution in [1.29, 1.82) is 5.26 Å². The van der Waals surface area contributed by atoms with Gasteiger partial charge in [0.2, 0.25) is 0 Å². The highest BCUT2D eigenvalue weighted by Gasteiger charge is 2.18. The number of ether oxygens (including phenoxy) is 1. The van der Waals surface area contributed by atoms with Gasteiger partial charge in [-0.1, -0.05) is 0 Å². The van der Waals surface area contributed by atoms with Crippen LogP contribution in [0.3, 0.4) is 0 Å². The molecule has 1 aromatic carbocycles. The first-order valence-corrected chi connectivity index (χ1v) is 7.74. The molecule has 0 saturated carbocycles. The smallest absolute Gasteiger partial charge is 0.119 e. The van der Waals surface area contributed by atoms with Crippen LogP contribution < -0.4 is 4.74 Å². The van der Waals surface area contributed by atoms with Crippen LogP contribution in [-0.4, -0.2) is 55.7 Å². The molecule has 0 aliphatic carbocycles. The molecule has 1 aromatic rings. The van der Waals surface area contributed by atoms with Crippen LogP contribution in [0.4, 0.5) is 0 Å². The molecule has 4 heteroatoms. The Labute approximate surface area is 127 Å². The van der Waals surface area contributed by atoms with Crippen molar-refractivity contribution in [2.75, 3.05) is 39.8 Å². The second-order valence-corrected chi connectivity index (χ2v) is 5.84. The fourth-order valence-corrected chi connectivity index (χ4v) is 2.84. The summed E-state index contributed by atoms with van der Waals surface area (Å²) < 4.78 is 5.74. The highest BCUT2D eigenvalue weighted by molar-refractivity contribution is 5.34. The van der Waals surface area contributed by atoms with E-state index < -0.39 is 0 Å². The van der Waals surface area contributed by atoms with Gasteiger partial charge < -0.3 is 9.64 Å². The summed E-state index contributed by atoms with van der Waals surface area (Å²) in [5, 5.41) is 8.75. The van der Waals surface area contributed by atoms with Crippen molar-refractivity contribution in [3.63, 3.8) is 0 Å². The number of benzene rings is 1. The van der Waals surface area contributed by atoms with Gasteiger partial charge in [0.05, 0.1) is 18.2 Å². The van der Waals surface area contributed by atoms with Crippen molar-refractivity contribution >= 4 is 0 Å². The Hall–Kier alpha value is -1.57. The average molecular weight is 287 g/mol. The Morgan fingerprint density at radius 3 is 2.76 bits per heavy atom. The minimum Gasteiger partial charge on any atom is -0.494 e. The Kier molecular flexibility index (Phi) is 6.04. The minimum absolute atomic E-state index is 0.618. The Morgan fingerprint density at radius 2 is 2.05 bits per heavy atom. The molecule has 0 N–H and O–H groups in total. The quantitative estimate of drug-likeness (QED) is 0.779. The van der Waals surface area contributed by atoms with Crippen LogP contribution in [0.25, 0.3) is 0 Å². The molecular weight excluding hydrogens is 262 g/mol. The number of nitriles is 1. The summed E-state index contributed by atoms with van der Waals surface area (Å²) in [6.07, 6.45) is 2.28. The predicted molar refractivity (Wildman–Crippen MR) is 84.4 cm³/mol. The second-order valence-electron chi connectivity index (χ2n) is 5.84. The molecule has 4 nitrogen and oxygen atoms in total. The van der Waals surface area contributed by atoms with Crippen molar-refractivity contribution in [2.45, 2.75) is 25.8 Å². The highest BCUT2D eigenvalue weighted by Crippen LogP contribution is 2.13. The molecule has 1 fully saturated rings. The standard InChI is InChI=1S/C17H25N3O/c1-15-14-19(2)9-3-10-20(15)11-4-12-21-17-7-5-16(13-18)6-8-17/h5-8,15H,3-4,9-12,14H2,1-2H3. The van der Waals surface area contributed by atoms with Crippen molar-refractivity contribution in [3.05, 3.63) is 29.8 Å². The fraction of sp³-hybridized carbons (Fsp3) is 0.588. The lowest BCUT2D eigenvalue weighted by Crippen LogP contribution is -2.38. The molecule has 0 amide bonds. The Morgan fingerprint density at radius 1 is 1.29 bits per heavy atom. The van der Waals surface area contributed by atoms with E-state index in [9.17, 15) is 0 Å². The van der Waals surface area contributed by atoms with Crippen LogP contribution in [-0.2, 0) is 0 Å². The lowest BCUT2D eigenvalue weighted by molar-refractivity contribution is 0.185. The number of rotatable bonds is 5. The molecule has 2 rings (SSSR count). The maximum absolute atomic E-state index is 8.75. The van der Waals surface area contributed by atoms with Crippen molar-refractivity contribution in [1.82, 2.24) is 9.80 Å². The maximum Gasteiger partial charge on any atom is 0.119 e. The number of nitrogens with zero attached hydrogens (tertiary/aromatic N) is 3. The van der Waals surface area contributed by atoms with Crippen LogP contribution in [0.15, 0.2) is 24.3 Å². The molecule has 1 aliphatic heterocycles. The number of hydrogen-bond acceptors (Lipinski definition) is 4. The summed E-state index contributed by atoms with van der Waals surface area (Å²) in [6.45, 7) is 7.65. The van der Waals surface area contributed by atoms with Crippen LogP contribution in [0.1, 0.15) is 25.3 Å². The lowest BCUT2D eigenvalue weighted by Gasteiger charge is -2.27. The molecule has 1 aliphatic rings. The van der Waals surface area contributed by atoms with Crippen molar-refractivity contribution < 1.29 is 4.74 Å². The van der Waals surface area contributed by atoms with Gasteiger partial charge in [0.1, 0.15) is 5.75 Å². The zero-order valence-corrected chi connectivity index (χ0v) is 13.1. The van der Waals surface area contributed by atoms with Crippen LogP contribution in [0.5, 0.6) is 5.75 Å². The van der Waals surface area contributed by atoms with E-state index in [1.54, 1.807) is 12.1 Å². The second kappa shape index (κ2) is 8.02. The summed E-state index contributed by atoms with van der Waals surface area (Å²) >= 11 is 0. The van der Waals surface area contributed by atoms with Crippen LogP contribution in [0, 0.1) is 11.3 Å². The van der Waals surface area contributed by atoms with E-state index in [4.69, 9.17) is 10.00 Å². The molecule has 1 saturated heterocycles. The molecule has 0 radical (unpaired) electrons. The van der Waals surface area contributed by atoms with Gasteiger partial charge in [-0.25, -0.2) is 0 Å². The first kappa shape index (κ1) is 15.8. The Balaban J connectivity index is 1.70. The minimum atomic E-state index is 0.618. The molecule has 0 bridgehead atoms. The third-order valence-corrected chi connectivity index (χ3v) is 4.03. The van der Waals surface area contributed by atoms with Gasteiger partial charge >= 0.3 is 0 Å². The third-order valence-electron chi connectivity index (χ3n) is 4.03. The predicted octanol–water partition coefficient (Wildman–Crippen LogP) is 2.35. The molecule has 0 aromatic heterocycles. The molecular formula is C17H25N3O. The summed E-state index contributed by atoms with van der Waals surface area (Å²) in [5.74, 6) is 0.845. The third kappa shape index (κ3) is 5.04. The van der Waals surface area contributed by atoms with Gasteiger partial charge in [0.15, 0.2) is 0 Å². The number of likely N-dealkylation sites (N-methyl/N-ethyl adjacent to an activating group) is 1. The fourth-order valence-electron chi connectivity index (χ4n) is 2.84. The molecule has 114 valence electrons. The normalized spacial score (nSPS) is 20.7. The van der Waals surface area contributed by atoms with Gasteiger partial charge in [0, 0.05) is 19.1 Å². The zero-order valence-electron chi connectivity index (χ0n) is 13.1. The van der Waals surface area contributed by atoms with Gasteiger partial charge in [-0.2, -0.15) is 5.26 Å². The van der Waals surface area contributed by atoms with Crippen molar-refractivity contribution in [3.8, 4) is 11.8 Å². The Bertz CT molecular complexity index is 466. The molecule has 0 spiro atoms. The summed E-state index contributed by atoms with van der Waals surface area (Å²) in [4.78, 5) is 4.98. The van der Waals surface area contributed by atoms with Crippen molar-refractivity contribution in [2.24, 2.45) is 0 Å². The van der Waals surface area contributed by atoms with E-state index in [1.807, 2.05) is 12.1 Å². The lowest BCUT2D eigenvalue weighted by atomic mass is 10.2. The van der Waals surface area contributed by atoms with Gasteiger partial charge in [0.25, 0.3) is 0 Å². The molecule has 1 heterocycles. The van der Waals surface area contributed by atoms with Gasteiger partial charge in [-0.15, -0.1) is 0 Å². The summed E-state index contributed by atoms with van der Waals surface area (Å²) in [7, 11) is 2.20. The van der Waals surface area contributed by atoms with E-state index in [0.717, 1.165) is 31.9 Å². The SMILES string of the molecule is CC1CN(C)CCCN1CCCOc1ccc(C#N)cc1. The van der Waals surface area contributed by atoms with Gasteiger partial charge in [-0.05, 0) is 64.2 Å². The monoisotopic (exact) mass is 287 g/mol. The van der Waals surface area contributed by atoms with Crippen LogP contribution >= 0.6 is 0 Å². The van der Waals surface area contributed by atoms with E-state index in [2.05, 4.69) is 29.8 Å². The largest absolute Gasteiger partial charge is 0.494 e. The first-order valence-electron chi connectivity index (χ1n) is 7.74. The topological polar surface area (TPSA) is 39.5 Å². The molecule has 1 unspecified atom stereocenters. The maximum atomic E-state index is 8.75. The molecule has 21 heavy (non-hydrogen) atoms. The van der Waals surface area contributed by atoms with Gasteiger partial charge in [-0.3, -0.25) is 4.90 Å². The van der Waals surface area contributed by atoms with E-state index in [1.165, 1.54) is 19.5 Å². The highest BCUT2D eigenvalue weighted by atomic mass is 16.5.